The number of hydrogen-bond donors (Lipinski definition) is 0. The van der Waals surface area contributed by atoms with Crippen LogP contribution in [0.5, 0.6) is 0 Å². The van der Waals surface area contributed by atoms with Gasteiger partial charge in [0.1, 0.15) is 7.42 Å². The van der Waals surface area contributed by atoms with E-state index in [9.17, 15) is 4.21 Å². The molecule has 0 amide bonds. The molecule has 2 aliphatic heterocycles. The van der Waals surface area contributed by atoms with E-state index >= 15 is 0 Å². The predicted octanol–water partition coefficient (Wildman–Crippen LogP) is 2.17. The van der Waals surface area contributed by atoms with E-state index in [1.165, 1.54) is 51.9 Å². The summed E-state index contributed by atoms with van der Waals surface area (Å²) in [4.78, 5) is 0. The van der Waals surface area contributed by atoms with E-state index in [2.05, 4.69) is 16.3 Å². The maximum absolute atomic E-state index is 12.1. The van der Waals surface area contributed by atoms with Gasteiger partial charge in [-0.25, -0.2) is 0 Å². The lowest BCUT2D eigenvalue weighted by atomic mass is 10.4. The Balaban J connectivity index is 2.03. The fraction of sp³-hybridized carbons (Fsp3) is 1.00. The molecular weight excluding hydrogens is 227 g/mol. The summed E-state index contributed by atoms with van der Waals surface area (Å²) in [7, 11) is -1.11. The first-order valence-electron chi connectivity index (χ1n) is 6.01. The molecule has 0 saturated carbocycles. The highest BCUT2D eigenvalue weighted by Crippen LogP contribution is 2.51. The van der Waals surface area contributed by atoms with Crippen LogP contribution in [0, 0.1) is 0 Å². The van der Waals surface area contributed by atoms with E-state index in [-0.39, 0.29) is 0 Å². The predicted molar refractivity (Wildman–Crippen MR) is 67.2 cm³/mol. The van der Waals surface area contributed by atoms with Crippen molar-refractivity contribution in [2.45, 2.75) is 32.6 Å². The molecule has 0 aromatic heterocycles. The van der Waals surface area contributed by atoms with Gasteiger partial charge in [-0.05, 0) is 25.7 Å². The summed E-state index contributed by atoms with van der Waals surface area (Å²) in [5.41, 5.74) is 0. The molecule has 5 heteroatoms. The second kappa shape index (κ2) is 5.72. The lowest BCUT2D eigenvalue weighted by Gasteiger charge is -2.33. The Kier molecular flexibility index (Phi) is 4.56. The highest BCUT2D eigenvalue weighted by molar-refractivity contribution is 8.44. The van der Waals surface area contributed by atoms with E-state index in [1.807, 2.05) is 0 Å². The minimum absolute atomic E-state index is 0.485. The van der Waals surface area contributed by atoms with Crippen LogP contribution in [-0.4, -0.2) is 45.5 Å². The molecule has 2 saturated heterocycles. The molecule has 0 N–H and O–H groups in total. The maximum Gasteiger partial charge on any atom is 0.136 e. The standard InChI is InChI=1S/C10H21N2OPS/c1-2-15(13)14(11-7-3-4-8-11)12-9-5-6-10-12/h2-10H2,1H3. The van der Waals surface area contributed by atoms with Crippen LogP contribution in [-0.2, 0) is 10.4 Å². The first-order valence-corrected chi connectivity index (χ1v) is 9.18. The van der Waals surface area contributed by atoms with E-state index in [4.69, 9.17) is 0 Å². The zero-order chi connectivity index (χ0) is 10.7. The Morgan fingerprint density at radius 2 is 1.40 bits per heavy atom. The molecule has 2 rings (SSSR count). The van der Waals surface area contributed by atoms with Gasteiger partial charge in [0.05, 0.1) is 10.4 Å². The van der Waals surface area contributed by atoms with Crippen molar-refractivity contribution in [1.29, 1.82) is 0 Å². The van der Waals surface area contributed by atoms with Crippen molar-refractivity contribution in [2.75, 3.05) is 31.9 Å². The molecule has 0 aromatic rings. The van der Waals surface area contributed by atoms with Gasteiger partial charge < -0.3 is 0 Å². The van der Waals surface area contributed by atoms with Crippen molar-refractivity contribution >= 4 is 17.8 Å². The summed E-state index contributed by atoms with van der Waals surface area (Å²) in [6, 6.07) is 0. The second-order valence-electron chi connectivity index (χ2n) is 4.18. The van der Waals surface area contributed by atoms with E-state index < -0.39 is 17.8 Å². The Hall–Kier alpha value is 0.500. The van der Waals surface area contributed by atoms with Crippen LogP contribution in [0.2, 0.25) is 0 Å². The molecule has 3 nitrogen and oxygen atoms in total. The first kappa shape index (κ1) is 12.0. The van der Waals surface area contributed by atoms with E-state index in [1.54, 1.807) is 0 Å². The van der Waals surface area contributed by atoms with Gasteiger partial charge in [0.2, 0.25) is 0 Å². The Morgan fingerprint density at radius 3 is 1.73 bits per heavy atom. The molecule has 0 aliphatic carbocycles. The monoisotopic (exact) mass is 248 g/mol. The molecular formula is C10H21N2OPS. The molecule has 1 atom stereocenters. The largest absolute Gasteiger partial charge is 0.259 e. The highest BCUT2D eigenvalue weighted by atomic mass is 32.7. The van der Waals surface area contributed by atoms with Gasteiger partial charge in [-0.1, -0.05) is 6.92 Å². The normalized spacial score (nSPS) is 26.5. The SMILES string of the molecule is CCS(=O)P(N1CCCC1)N1CCCC1. The summed E-state index contributed by atoms with van der Waals surface area (Å²) in [6.45, 7) is 6.75. The summed E-state index contributed by atoms with van der Waals surface area (Å²) in [5, 5.41) is 0. The molecule has 15 heavy (non-hydrogen) atoms. The van der Waals surface area contributed by atoms with Crippen molar-refractivity contribution in [3.8, 4) is 0 Å². The number of hydrogen-bond acceptors (Lipinski definition) is 3. The van der Waals surface area contributed by atoms with Gasteiger partial charge in [0, 0.05) is 31.9 Å². The third kappa shape index (κ3) is 2.79. The van der Waals surface area contributed by atoms with Gasteiger partial charge in [-0.15, -0.1) is 0 Å². The van der Waals surface area contributed by atoms with Crippen LogP contribution in [0.3, 0.4) is 0 Å². The molecule has 0 bridgehead atoms. The fourth-order valence-corrected chi connectivity index (χ4v) is 7.87. The van der Waals surface area contributed by atoms with E-state index in [0.29, 0.717) is 0 Å². The zero-order valence-electron chi connectivity index (χ0n) is 9.52. The first-order chi connectivity index (χ1) is 7.33. The van der Waals surface area contributed by atoms with Crippen molar-refractivity contribution in [3.63, 3.8) is 0 Å². The third-order valence-electron chi connectivity index (χ3n) is 3.08. The third-order valence-corrected chi connectivity index (χ3v) is 8.96. The second-order valence-corrected chi connectivity index (χ2v) is 9.24. The van der Waals surface area contributed by atoms with Gasteiger partial charge in [0.25, 0.3) is 0 Å². The maximum atomic E-state index is 12.1. The lowest BCUT2D eigenvalue weighted by Crippen LogP contribution is -2.27. The van der Waals surface area contributed by atoms with E-state index in [0.717, 1.165) is 5.75 Å². The van der Waals surface area contributed by atoms with Crippen LogP contribution < -0.4 is 0 Å². The summed E-state index contributed by atoms with van der Waals surface area (Å²) in [6.07, 6.45) is 5.20. The van der Waals surface area contributed by atoms with Crippen LogP contribution in [0.4, 0.5) is 0 Å². The van der Waals surface area contributed by atoms with Crippen molar-refractivity contribution in [1.82, 2.24) is 9.34 Å². The summed E-state index contributed by atoms with van der Waals surface area (Å²) in [5.74, 6) is 0.818. The smallest absolute Gasteiger partial charge is 0.136 e. The molecule has 1 unspecified atom stereocenters. The average Bonchev–Trinajstić information content (AvgIpc) is 2.90. The molecule has 2 heterocycles. The van der Waals surface area contributed by atoms with Gasteiger partial charge in [-0.3, -0.25) is 13.5 Å². The molecule has 0 aromatic carbocycles. The fourth-order valence-electron chi connectivity index (χ4n) is 2.29. The van der Waals surface area contributed by atoms with Crippen LogP contribution in [0.15, 0.2) is 0 Å². The molecule has 88 valence electrons. The zero-order valence-corrected chi connectivity index (χ0v) is 11.2. The molecule has 2 aliphatic rings. The minimum atomic E-state index is -0.628. The lowest BCUT2D eigenvalue weighted by molar-refractivity contribution is 0.486. The molecule has 0 radical (unpaired) electrons. The minimum Gasteiger partial charge on any atom is -0.259 e. The average molecular weight is 248 g/mol. The Morgan fingerprint density at radius 1 is 1.00 bits per heavy atom. The summed E-state index contributed by atoms with van der Waals surface area (Å²) < 4.78 is 17.1. The topological polar surface area (TPSA) is 23.6 Å². The van der Waals surface area contributed by atoms with Crippen LogP contribution >= 0.6 is 7.42 Å². The van der Waals surface area contributed by atoms with Crippen LogP contribution in [0.25, 0.3) is 0 Å². The Bertz CT molecular complexity index is 211. The molecule has 2 fully saturated rings. The van der Waals surface area contributed by atoms with Crippen LogP contribution in [0.1, 0.15) is 32.6 Å². The van der Waals surface area contributed by atoms with Crippen molar-refractivity contribution < 1.29 is 4.21 Å². The van der Waals surface area contributed by atoms with Crippen molar-refractivity contribution in [3.05, 3.63) is 0 Å². The van der Waals surface area contributed by atoms with Gasteiger partial charge in [0.15, 0.2) is 0 Å². The van der Waals surface area contributed by atoms with Gasteiger partial charge >= 0.3 is 0 Å². The summed E-state index contributed by atoms with van der Waals surface area (Å²) >= 11 is 0. The van der Waals surface area contributed by atoms with Gasteiger partial charge in [-0.2, -0.15) is 0 Å². The van der Waals surface area contributed by atoms with Crippen molar-refractivity contribution in [2.24, 2.45) is 0 Å². The quantitative estimate of drug-likeness (QED) is 0.712. The number of nitrogens with zero attached hydrogens (tertiary/aromatic N) is 2. The Labute approximate surface area is 96.3 Å². The molecule has 0 spiro atoms. The number of rotatable bonds is 4. The highest BCUT2D eigenvalue weighted by Gasteiger charge is 2.33.